The van der Waals surface area contributed by atoms with Gasteiger partial charge in [0.25, 0.3) is 0 Å². The van der Waals surface area contributed by atoms with Gasteiger partial charge in [-0.1, -0.05) is 18.2 Å². The van der Waals surface area contributed by atoms with Gasteiger partial charge in [0.1, 0.15) is 5.82 Å². The first-order chi connectivity index (χ1) is 10.3. The van der Waals surface area contributed by atoms with Gasteiger partial charge in [0, 0.05) is 29.8 Å². The zero-order chi connectivity index (χ0) is 14.4. The number of H-pyrrole nitrogens is 1. The smallest absolute Gasteiger partial charge is 0.226 e. The van der Waals surface area contributed by atoms with Gasteiger partial charge >= 0.3 is 0 Å². The van der Waals surface area contributed by atoms with Crippen LogP contribution in [-0.4, -0.2) is 25.9 Å². The van der Waals surface area contributed by atoms with Gasteiger partial charge in [-0.2, -0.15) is 10.2 Å². The monoisotopic (exact) mass is 281 g/mol. The number of carbonyl (C=O) groups is 1. The van der Waals surface area contributed by atoms with Crippen LogP contribution >= 0.6 is 0 Å². The summed E-state index contributed by atoms with van der Waals surface area (Å²) in [5.41, 5.74) is 2.95. The lowest BCUT2D eigenvalue weighted by atomic mass is 9.89. The Hall–Kier alpha value is -2.63. The van der Waals surface area contributed by atoms with E-state index in [1.807, 2.05) is 42.1 Å². The summed E-state index contributed by atoms with van der Waals surface area (Å²) < 4.78 is 1.82. The topological polar surface area (TPSA) is 75.6 Å². The van der Waals surface area contributed by atoms with Gasteiger partial charge in [0.15, 0.2) is 0 Å². The highest BCUT2D eigenvalue weighted by Crippen LogP contribution is 2.38. The van der Waals surface area contributed by atoms with Gasteiger partial charge in [0.05, 0.1) is 17.4 Å². The Morgan fingerprint density at radius 2 is 2.24 bits per heavy atom. The molecule has 0 saturated carbocycles. The third-order valence-electron chi connectivity index (χ3n) is 4.03. The zero-order valence-electron chi connectivity index (χ0n) is 11.6. The summed E-state index contributed by atoms with van der Waals surface area (Å²) in [6, 6.07) is 7.95. The van der Waals surface area contributed by atoms with Crippen LogP contribution in [0.4, 0.5) is 5.82 Å². The lowest BCUT2D eigenvalue weighted by Gasteiger charge is -2.22. The van der Waals surface area contributed by atoms with Crippen molar-refractivity contribution in [2.75, 3.05) is 5.32 Å². The number of aromatic nitrogens is 4. The number of rotatable bonds is 2. The summed E-state index contributed by atoms with van der Waals surface area (Å²) in [6.07, 6.45) is 2.26. The number of nitrogens with zero attached hydrogens (tertiary/aromatic N) is 3. The molecule has 1 atom stereocenters. The predicted octanol–water partition coefficient (Wildman–Crippen LogP) is 2.25. The molecule has 2 aromatic heterocycles. The lowest BCUT2D eigenvalue weighted by Crippen LogP contribution is -2.25. The minimum Gasteiger partial charge on any atom is -0.311 e. The molecule has 0 radical (unpaired) electrons. The van der Waals surface area contributed by atoms with E-state index in [4.69, 9.17) is 0 Å². The normalized spacial score (nSPS) is 17.8. The van der Waals surface area contributed by atoms with E-state index < -0.39 is 0 Å². The molecule has 3 heterocycles. The highest BCUT2D eigenvalue weighted by molar-refractivity contribution is 5.95. The predicted molar refractivity (Wildman–Crippen MR) is 79.1 cm³/mol. The second-order valence-corrected chi connectivity index (χ2v) is 5.22. The fraction of sp³-hybridized carbons (Fsp3) is 0.267. The Morgan fingerprint density at radius 1 is 1.38 bits per heavy atom. The maximum atomic E-state index is 12.0. The average molecular weight is 281 g/mol. The van der Waals surface area contributed by atoms with E-state index in [1.54, 1.807) is 0 Å². The van der Waals surface area contributed by atoms with Crippen LogP contribution < -0.4 is 5.32 Å². The van der Waals surface area contributed by atoms with Crippen LogP contribution in [0, 0.1) is 0 Å². The molecule has 2 N–H and O–H groups in total. The molecule has 1 aromatic carbocycles. The first-order valence-electron chi connectivity index (χ1n) is 7.06. The number of aryl methyl sites for hydroxylation is 1. The van der Waals surface area contributed by atoms with Crippen molar-refractivity contribution >= 4 is 22.6 Å². The molecule has 1 unspecified atom stereocenters. The Balaban J connectivity index is 1.89. The highest BCUT2D eigenvalue weighted by atomic mass is 16.1. The molecule has 4 rings (SSSR count). The summed E-state index contributed by atoms with van der Waals surface area (Å²) >= 11 is 0. The van der Waals surface area contributed by atoms with Crippen LogP contribution in [0.25, 0.3) is 10.9 Å². The SMILES string of the molecule is CCn1ncc2c1NC(=O)CC2c1[nH]nc2ccccc12. The van der Waals surface area contributed by atoms with Gasteiger partial charge in [-0.05, 0) is 13.0 Å². The van der Waals surface area contributed by atoms with Crippen LogP contribution in [0.15, 0.2) is 30.5 Å². The van der Waals surface area contributed by atoms with Crippen molar-refractivity contribution in [2.24, 2.45) is 0 Å². The molecule has 0 aliphatic carbocycles. The van der Waals surface area contributed by atoms with Crippen molar-refractivity contribution < 1.29 is 4.79 Å². The van der Waals surface area contributed by atoms with E-state index in [-0.39, 0.29) is 11.8 Å². The molecule has 1 amide bonds. The first kappa shape index (κ1) is 12.1. The number of hydrogen-bond acceptors (Lipinski definition) is 3. The largest absolute Gasteiger partial charge is 0.311 e. The number of fused-ring (bicyclic) bond motifs is 2. The number of aromatic amines is 1. The summed E-state index contributed by atoms with van der Waals surface area (Å²) in [5.74, 6) is 0.792. The summed E-state index contributed by atoms with van der Waals surface area (Å²) in [7, 11) is 0. The van der Waals surface area contributed by atoms with Crippen LogP contribution in [0.1, 0.15) is 30.5 Å². The van der Waals surface area contributed by atoms with E-state index in [0.29, 0.717) is 6.42 Å². The second kappa shape index (κ2) is 4.44. The molecule has 21 heavy (non-hydrogen) atoms. The number of amides is 1. The Labute approximate surface area is 121 Å². The van der Waals surface area contributed by atoms with Gasteiger partial charge in [0.2, 0.25) is 5.91 Å². The number of nitrogens with one attached hydrogen (secondary N) is 2. The van der Waals surface area contributed by atoms with Crippen molar-refractivity contribution in [1.82, 2.24) is 20.0 Å². The van der Waals surface area contributed by atoms with Crippen LogP contribution in [0.3, 0.4) is 0 Å². The van der Waals surface area contributed by atoms with E-state index in [2.05, 4.69) is 20.6 Å². The molecule has 0 fully saturated rings. The Kier molecular flexibility index (Phi) is 2.57. The van der Waals surface area contributed by atoms with Crippen molar-refractivity contribution in [3.8, 4) is 0 Å². The molecule has 1 aliphatic rings. The molecular formula is C15H15N5O. The summed E-state index contributed by atoms with van der Waals surface area (Å²) in [5, 5.41) is 15.8. The van der Waals surface area contributed by atoms with Gasteiger partial charge in [-0.15, -0.1) is 0 Å². The lowest BCUT2D eigenvalue weighted by molar-refractivity contribution is -0.116. The fourth-order valence-electron chi connectivity index (χ4n) is 3.01. The van der Waals surface area contributed by atoms with Crippen molar-refractivity contribution in [2.45, 2.75) is 25.8 Å². The van der Waals surface area contributed by atoms with Gasteiger partial charge in [-0.25, -0.2) is 4.68 Å². The third kappa shape index (κ3) is 1.75. The van der Waals surface area contributed by atoms with Gasteiger partial charge < -0.3 is 5.32 Å². The quantitative estimate of drug-likeness (QED) is 0.756. The van der Waals surface area contributed by atoms with Crippen molar-refractivity contribution in [3.63, 3.8) is 0 Å². The molecule has 6 nitrogen and oxygen atoms in total. The average Bonchev–Trinajstić information content (AvgIpc) is 3.09. The van der Waals surface area contributed by atoms with E-state index in [9.17, 15) is 4.79 Å². The minimum atomic E-state index is -0.0264. The Morgan fingerprint density at radius 3 is 3.10 bits per heavy atom. The van der Waals surface area contributed by atoms with E-state index in [1.165, 1.54) is 0 Å². The highest BCUT2D eigenvalue weighted by Gasteiger charge is 2.31. The molecule has 6 heteroatoms. The van der Waals surface area contributed by atoms with E-state index >= 15 is 0 Å². The van der Waals surface area contributed by atoms with Crippen molar-refractivity contribution in [1.29, 1.82) is 0 Å². The van der Waals surface area contributed by atoms with Gasteiger partial charge in [-0.3, -0.25) is 9.89 Å². The molecule has 0 spiro atoms. The van der Waals surface area contributed by atoms with Crippen LogP contribution in [0.2, 0.25) is 0 Å². The number of para-hydroxylation sites is 1. The molecule has 3 aromatic rings. The fourth-order valence-corrected chi connectivity index (χ4v) is 3.01. The number of carbonyl (C=O) groups excluding carboxylic acids is 1. The molecule has 0 saturated heterocycles. The van der Waals surface area contributed by atoms with Crippen molar-refractivity contribution in [3.05, 3.63) is 41.7 Å². The molecule has 106 valence electrons. The summed E-state index contributed by atoms with van der Waals surface area (Å²) in [6.45, 7) is 2.74. The van der Waals surface area contributed by atoms with E-state index in [0.717, 1.165) is 34.5 Å². The van der Waals surface area contributed by atoms with Crippen LogP contribution in [0.5, 0.6) is 0 Å². The maximum Gasteiger partial charge on any atom is 0.226 e. The zero-order valence-corrected chi connectivity index (χ0v) is 11.6. The standard InChI is InChI=1S/C15H15N5O/c1-2-20-15-11(8-16-20)10(7-13(21)17-15)14-9-5-3-4-6-12(9)18-19-14/h3-6,8,10H,2,7H2,1H3,(H,17,21)(H,18,19). The van der Waals surface area contributed by atoms with Crippen LogP contribution in [-0.2, 0) is 11.3 Å². The number of hydrogen-bond donors (Lipinski definition) is 2. The third-order valence-corrected chi connectivity index (χ3v) is 4.03. The Bertz CT molecular complexity index is 832. The number of benzene rings is 1. The molecular weight excluding hydrogens is 266 g/mol. The summed E-state index contributed by atoms with van der Waals surface area (Å²) in [4.78, 5) is 12.0. The molecule has 1 aliphatic heterocycles. The molecule has 0 bridgehead atoms. The maximum absolute atomic E-state index is 12.0. The minimum absolute atomic E-state index is 0.0152. The number of anilines is 1. The first-order valence-corrected chi connectivity index (χ1v) is 7.06. The second-order valence-electron chi connectivity index (χ2n) is 5.22.